The van der Waals surface area contributed by atoms with E-state index in [2.05, 4.69) is 23.9 Å². The smallest absolute Gasteiger partial charge is 0.119 e. The first-order chi connectivity index (χ1) is 10.7. The van der Waals surface area contributed by atoms with Gasteiger partial charge in [0.25, 0.3) is 0 Å². The Hall–Kier alpha value is -1.26. The molecule has 124 valence electrons. The zero-order valence-corrected chi connectivity index (χ0v) is 14.3. The third-order valence-electron chi connectivity index (χ3n) is 4.43. The van der Waals surface area contributed by atoms with E-state index >= 15 is 0 Å². The summed E-state index contributed by atoms with van der Waals surface area (Å²) < 4.78 is 11.0. The van der Waals surface area contributed by atoms with Crippen LogP contribution in [0.15, 0.2) is 24.3 Å². The molecule has 2 rings (SSSR count). The first kappa shape index (κ1) is 17.1. The van der Waals surface area contributed by atoms with E-state index in [0.717, 1.165) is 30.6 Å². The number of benzene rings is 1. The lowest BCUT2D eigenvalue weighted by atomic mass is 9.93. The maximum atomic E-state index is 5.81. The van der Waals surface area contributed by atoms with Crippen LogP contribution in [0.25, 0.3) is 0 Å². The average molecular weight is 306 g/mol. The van der Waals surface area contributed by atoms with Gasteiger partial charge in [-0.15, -0.1) is 0 Å². The van der Waals surface area contributed by atoms with Gasteiger partial charge in [-0.25, -0.2) is 0 Å². The van der Waals surface area contributed by atoms with Crippen LogP contribution >= 0.6 is 0 Å². The van der Waals surface area contributed by atoms with E-state index in [1.807, 2.05) is 24.3 Å². The highest BCUT2D eigenvalue weighted by molar-refractivity contribution is 5.31. The summed E-state index contributed by atoms with van der Waals surface area (Å²) in [5.41, 5.74) is 0. The lowest BCUT2D eigenvalue weighted by Crippen LogP contribution is -2.37. The number of rotatable bonds is 8. The molecule has 0 N–H and O–H groups in total. The summed E-state index contributed by atoms with van der Waals surface area (Å²) in [6, 6.07) is 7.80. The Balaban J connectivity index is 1.60. The van der Waals surface area contributed by atoms with Gasteiger partial charge in [0, 0.05) is 6.54 Å². The Kier molecular flexibility index (Phi) is 7.00. The number of nitrogens with zero attached hydrogens (tertiary/aromatic N) is 2. The molecule has 1 aromatic carbocycles. The number of methoxy groups -OCH3 is 1. The van der Waals surface area contributed by atoms with Crippen molar-refractivity contribution in [1.82, 2.24) is 9.80 Å². The third kappa shape index (κ3) is 5.85. The van der Waals surface area contributed by atoms with Gasteiger partial charge in [0.2, 0.25) is 0 Å². The fourth-order valence-corrected chi connectivity index (χ4v) is 2.90. The standard InChI is InChI=1S/C18H30N2O2/c1-19(2)11-8-16-9-12-20(13-10-16)14-15-22-18-6-4-17(21-3)5-7-18/h4-7,16H,8-15H2,1-3H3. The summed E-state index contributed by atoms with van der Waals surface area (Å²) in [7, 11) is 6.00. The quantitative estimate of drug-likeness (QED) is 0.737. The molecule has 0 aliphatic carbocycles. The van der Waals surface area contributed by atoms with Crippen molar-refractivity contribution in [2.75, 3.05) is 54.0 Å². The Morgan fingerprint density at radius 1 is 1.09 bits per heavy atom. The van der Waals surface area contributed by atoms with E-state index in [0.29, 0.717) is 0 Å². The fourth-order valence-electron chi connectivity index (χ4n) is 2.90. The van der Waals surface area contributed by atoms with Gasteiger partial charge in [0.15, 0.2) is 0 Å². The van der Waals surface area contributed by atoms with Crippen LogP contribution in [0, 0.1) is 5.92 Å². The summed E-state index contributed by atoms with van der Waals surface area (Å²) in [5, 5.41) is 0. The summed E-state index contributed by atoms with van der Waals surface area (Å²) in [6.07, 6.45) is 4.00. The van der Waals surface area contributed by atoms with Crippen LogP contribution in [-0.2, 0) is 0 Å². The lowest BCUT2D eigenvalue weighted by molar-refractivity contribution is 0.147. The number of hydrogen-bond acceptors (Lipinski definition) is 4. The lowest BCUT2D eigenvalue weighted by Gasteiger charge is -2.32. The minimum Gasteiger partial charge on any atom is -0.497 e. The first-order valence-electron chi connectivity index (χ1n) is 8.31. The zero-order valence-electron chi connectivity index (χ0n) is 14.3. The Morgan fingerprint density at radius 3 is 2.32 bits per heavy atom. The Labute approximate surface area is 135 Å². The topological polar surface area (TPSA) is 24.9 Å². The van der Waals surface area contributed by atoms with Crippen molar-refractivity contribution in [2.24, 2.45) is 5.92 Å². The molecule has 1 saturated heterocycles. The summed E-state index contributed by atoms with van der Waals surface area (Å²) in [4.78, 5) is 4.81. The minimum absolute atomic E-state index is 0.759. The second-order valence-corrected chi connectivity index (χ2v) is 6.40. The van der Waals surface area contributed by atoms with E-state index in [4.69, 9.17) is 9.47 Å². The van der Waals surface area contributed by atoms with Crippen molar-refractivity contribution in [3.63, 3.8) is 0 Å². The minimum atomic E-state index is 0.759. The molecule has 22 heavy (non-hydrogen) atoms. The van der Waals surface area contributed by atoms with Gasteiger partial charge >= 0.3 is 0 Å². The van der Waals surface area contributed by atoms with Crippen LogP contribution in [0.2, 0.25) is 0 Å². The molecule has 1 fully saturated rings. The number of likely N-dealkylation sites (tertiary alicyclic amines) is 1. The van der Waals surface area contributed by atoms with E-state index in [-0.39, 0.29) is 0 Å². The SMILES string of the molecule is COc1ccc(OCCN2CCC(CCN(C)C)CC2)cc1. The average Bonchev–Trinajstić information content (AvgIpc) is 2.55. The van der Waals surface area contributed by atoms with Gasteiger partial charge < -0.3 is 14.4 Å². The monoisotopic (exact) mass is 306 g/mol. The molecule has 0 atom stereocenters. The van der Waals surface area contributed by atoms with Gasteiger partial charge in [-0.05, 0) is 83.2 Å². The molecule has 0 aromatic heterocycles. The molecule has 0 bridgehead atoms. The maximum Gasteiger partial charge on any atom is 0.119 e. The number of hydrogen-bond donors (Lipinski definition) is 0. The van der Waals surface area contributed by atoms with Gasteiger partial charge in [-0.3, -0.25) is 4.90 Å². The maximum absolute atomic E-state index is 5.81. The third-order valence-corrected chi connectivity index (χ3v) is 4.43. The van der Waals surface area contributed by atoms with Crippen molar-refractivity contribution in [2.45, 2.75) is 19.3 Å². The van der Waals surface area contributed by atoms with E-state index in [1.165, 1.54) is 38.9 Å². The summed E-state index contributed by atoms with van der Waals surface area (Å²) >= 11 is 0. The van der Waals surface area contributed by atoms with Crippen LogP contribution in [0.1, 0.15) is 19.3 Å². The molecular formula is C18H30N2O2. The van der Waals surface area contributed by atoms with Crippen LogP contribution < -0.4 is 9.47 Å². The molecule has 0 amide bonds. The predicted octanol–water partition coefficient (Wildman–Crippen LogP) is 2.74. The molecule has 1 aliphatic heterocycles. The van der Waals surface area contributed by atoms with Crippen molar-refractivity contribution in [1.29, 1.82) is 0 Å². The van der Waals surface area contributed by atoms with Gasteiger partial charge in [-0.1, -0.05) is 0 Å². The highest BCUT2D eigenvalue weighted by Crippen LogP contribution is 2.21. The molecule has 4 nitrogen and oxygen atoms in total. The molecule has 0 unspecified atom stereocenters. The molecule has 1 aliphatic rings. The summed E-state index contributed by atoms with van der Waals surface area (Å²) in [5.74, 6) is 2.69. The van der Waals surface area contributed by atoms with Gasteiger partial charge in [-0.2, -0.15) is 0 Å². The van der Waals surface area contributed by atoms with Crippen molar-refractivity contribution in [3.05, 3.63) is 24.3 Å². The van der Waals surface area contributed by atoms with Crippen LogP contribution in [0.5, 0.6) is 11.5 Å². The highest BCUT2D eigenvalue weighted by Gasteiger charge is 2.18. The molecule has 1 heterocycles. The van der Waals surface area contributed by atoms with E-state index < -0.39 is 0 Å². The van der Waals surface area contributed by atoms with Crippen LogP contribution in [0.4, 0.5) is 0 Å². The van der Waals surface area contributed by atoms with Crippen molar-refractivity contribution < 1.29 is 9.47 Å². The zero-order chi connectivity index (χ0) is 15.8. The second kappa shape index (κ2) is 9.01. The van der Waals surface area contributed by atoms with Crippen molar-refractivity contribution in [3.8, 4) is 11.5 Å². The molecular weight excluding hydrogens is 276 g/mol. The second-order valence-electron chi connectivity index (χ2n) is 6.40. The molecule has 4 heteroatoms. The fraction of sp³-hybridized carbons (Fsp3) is 0.667. The largest absolute Gasteiger partial charge is 0.497 e. The van der Waals surface area contributed by atoms with E-state index in [9.17, 15) is 0 Å². The highest BCUT2D eigenvalue weighted by atomic mass is 16.5. The number of ether oxygens (including phenoxy) is 2. The molecule has 0 spiro atoms. The van der Waals surface area contributed by atoms with Crippen LogP contribution in [-0.4, -0.2) is 63.8 Å². The predicted molar refractivity (Wildman–Crippen MR) is 90.8 cm³/mol. The van der Waals surface area contributed by atoms with Crippen molar-refractivity contribution >= 4 is 0 Å². The van der Waals surface area contributed by atoms with Crippen LogP contribution in [0.3, 0.4) is 0 Å². The van der Waals surface area contributed by atoms with Gasteiger partial charge in [0.05, 0.1) is 7.11 Å². The Morgan fingerprint density at radius 2 is 1.73 bits per heavy atom. The molecule has 0 saturated carbocycles. The van der Waals surface area contributed by atoms with Gasteiger partial charge in [0.1, 0.15) is 18.1 Å². The Bertz CT molecular complexity index is 412. The number of piperidine rings is 1. The summed E-state index contributed by atoms with van der Waals surface area (Å²) in [6.45, 7) is 5.42. The van der Waals surface area contributed by atoms with E-state index in [1.54, 1.807) is 7.11 Å². The first-order valence-corrected chi connectivity index (χ1v) is 8.31. The molecule has 0 radical (unpaired) electrons. The normalized spacial score (nSPS) is 16.9. The molecule has 1 aromatic rings.